The number of nitrogens with zero attached hydrogens (tertiary/aromatic N) is 1. The number of pyridine rings is 1. The molecule has 1 aromatic rings. The predicted molar refractivity (Wildman–Crippen MR) is 91.3 cm³/mol. The Kier molecular flexibility index (Phi) is 5.95. The average molecular weight is 363 g/mol. The Morgan fingerprint density at radius 2 is 2.09 bits per heavy atom. The van der Waals surface area contributed by atoms with Gasteiger partial charge in [0.2, 0.25) is 0 Å². The zero-order valence-corrected chi connectivity index (χ0v) is 15.3. The van der Waals surface area contributed by atoms with Crippen LogP contribution in [-0.2, 0) is 11.4 Å². The fourth-order valence-corrected chi connectivity index (χ4v) is 3.76. The Balaban J connectivity index is 2.31. The highest BCUT2D eigenvalue weighted by Gasteiger charge is 2.45. The molecule has 0 radical (unpaired) electrons. The smallest absolute Gasteiger partial charge is 0.136 e. The van der Waals surface area contributed by atoms with Gasteiger partial charge in [-0.15, -0.1) is 4.72 Å². The second-order valence-electron chi connectivity index (χ2n) is 7.11. The lowest BCUT2D eigenvalue weighted by atomic mass is 9.78. The van der Waals surface area contributed by atoms with Crippen LogP contribution in [0.4, 0.5) is 4.39 Å². The SMILES string of the molecule is CC(C)(C)[S+]([O-])N[C@@H](c1cc(Cl)ccn1)[C@]1(O)CC[C@H](F)CC1. The number of aromatic nitrogens is 1. The fraction of sp³-hybridized carbons (Fsp3) is 0.688. The normalized spacial score (nSPS) is 28.4. The maximum absolute atomic E-state index is 13.5. The van der Waals surface area contributed by atoms with E-state index in [4.69, 9.17) is 11.6 Å². The minimum atomic E-state index is -1.40. The van der Waals surface area contributed by atoms with Gasteiger partial charge in [-0.1, -0.05) is 11.6 Å². The van der Waals surface area contributed by atoms with Gasteiger partial charge in [0.25, 0.3) is 0 Å². The van der Waals surface area contributed by atoms with E-state index in [2.05, 4.69) is 9.71 Å². The van der Waals surface area contributed by atoms with Crippen LogP contribution in [-0.4, -0.2) is 31.2 Å². The van der Waals surface area contributed by atoms with Crippen LogP contribution in [0.5, 0.6) is 0 Å². The molecule has 0 spiro atoms. The third-order valence-corrected chi connectivity index (χ3v) is 5.94. The Hall–Kier alpha value is -0.400. The third-order valence-electron chi connectivity index (χ3n) is 4.14. The number of alkyl halides is 1. The van der Waals surface area contributed by atoms with Crippen LogP contribution >= 0.6 is 11.6 Å². The molecule has 1 unspecified atom stereocenters. The summed E-state index contributed by atoms with van der Waals surface area (Å²) >= 11 is 4.64. The molecule has 0 aliphatic heterocycles. The van der Waals surface area contributed by atoms with Gasteiger partial charge in [0.1, 0.15) is 17.0 Å². The van der Waals surface area contributed by atoms with Crippen LogP contribution in [0, 0.1) is 0 Å². The van der Waals surface area contributed by atoms with Crippen LogP contribution in [0.15, 0.2) is 18.3 Å². The van der Waals surface area contributed by atoms with Gasteiger partial charge in [-0.25, -0.2) is 4.39 Å². The first-order chi connectivity index (χ1) is 10.6. The molecule has 1 aromatic heterocycles. The van der Waals surface area contributed by atoms with Crippen LogP contribution in [0.2, 0.25) is 5.02 Å². The van der Waals surface area contributed by atoms with Crippen molar-refractivity contribution in [1.82, 2.24) is 9.71 Å². The van der Waals surface area contributed by atoms with Gasteiger partial charge in [0.05, 0.1) is 11.3 Å². The van der Waals surface area contributed by atoms with E-state index in [1.165, 1.54) is 0 Å². The van der Waals surface area contributed by atoms with Gasteiger partial charge in [0, 0.05) is 22.6 Å². The molecule has 0 aromatic carbocycles. The van der Waals surface area contributed by atoms with Crippen molar-refractivity contribution in [3.05, 3.63) is 29.0 Å². The number of hydrogen-bond acceptors (Lipinski definition) is 4. The lowest BCUT2D eigenvalue weighted by Crippen LogP contribution is -2.52. The van der Waals surface area contributed by atoms with Crippen molar-refractivity contribution in [3.8, 4) is 0 Å². The summed E-state index contributed by atoms with van der Waals surface area (Å²) in [6, 6.07) is 2.64. The first-order valence-corrected chi connectivity index (χ1v) is 9.30. The van der Waals surface area contributed by atoms with Crippen LogP contribution in [0.3, 0.4) is 0 Å². The zero-order valence-electron chi connectivity index (χ0n) is 13.7. The summed E-state index contributed by atoms with van der Waals surface area (Å²) in [5, 5.41) is 11.6. The van der Waals surface area contributed by atoms with Crippen LogP contribution in [0.1, 0.15) is 58.2 Å². The topological polar surface area (TPSA) is 68.2 Å². The molecule has 0 amide bonds. The van der Waals surface area contributed by atoms with E-state index in [0.717, 1.165) is 0 Å². The van der Waals surface area contributed by atoms with Crippen molar-refractivity contribution in [2.75, 3.05) is 0 Å². The molecule has 23 heavy (non-hydrogen) atoms. The molecular formula is C16H24ClFN2O2S. The number of nitrogens with one attached hydrogen (secondary N) is 1. The first-order valence-electron chi connectivity index (χ1n) is 7.78. The minimum Gasteiger partial charge on any atom is -0.598 e. The van der Waals surface area contributed by atoms with E-state index in [0.29, 0.717) is 23.6 Å². The molecule has 1 saturated carbocycles. The lowest BCUT2D eigenvalue weighted by molar-refractivity contribution is -0.0418. The molecule has 0 saturated heterocycles. The van der Waals surface area contributed by atoms with E-state index >= 15 is 0 Å². The van der Waals surface area contributed by atoms with Gasteiger partial charge >= 0.3 is 0 Å². The van der Waals surface area contributed by atoms with Crippen LogP contribution < -0.4 is 4.72 Å². The van der Waals surface area contributed by atoms with Gasteiger partial charge in [-0.05, 0) is 58.6 Å². The Morgan fingerprint density at radius 1 is 1.48 bits per heavy atom. The fourth-order valence-electron chi connectivity index (χ4n) is 2.68. The molecule has 2 rings (SSSR count). The molecule has 1 aliphatic rings. The quantitative estimate of drug-likeness (QED) is 0.805. The predicted octanol–water partition coefficient (Wildman–Crippen LogP) is 3.47. The van der Waals surface area contributed by atoms with E-state index in [9.17, 15) is 14.0 Å². The number of aliphatic hydroxyl groups is 1. The summed E-state index contributed by atoms with van der Waals surface area (Å²) in [4.78, 5) is 4.28. The van der Waals surface area contributed by atoms with Crippen LogP contribution in [0.25, 0.3) is 0 Å². The number of rotatable bonds is 4. The van der Waals surface area contributed by atoms with Crippen molar-refractivity contribution >= 4 is 23.0 Å². The Bertz CT molecular complexity index is 533. The summed E-state index contributed by atoms with van der Waals surface area (Å²) < 4.78 is 28.5. The largest absolute Gasteiger partial charge is 0.598 e. The molecular weight excluding hydrogens is 339 g/mol. The van der Waals surface area contributed by atoms with Crippen molar-refractivity contribution in [2.45, 2.75) is 69.0 Å². The second kappa shape index (κ2) is 7.23. The maximum atomic E-state index is 13.5. The van der Waals surface area contributed by atoms with Crippen molar-refractivity contribution in [3.63, 3.8) is 0 Å². The third kappa shape index (κ3) is 4.79. The summed E-state index contributed by atoms with van der Waals surface area (Å²) in [5.41, 5.74) is -0.670. The molecule has 2 atom stereocenters. The average Bonchev–Trinajstić information content (AvgIpc) is 2.46. The Morgan fingerprint density at radius 3 is 2.61 bits per heavy atom. The standard InChI is InChI=1S/C16H24ClFN2O2S/c1-15(2,3)23(22)20-14(13-10-11(17)6-9-19-13)16(21)7-4-12(18)5-8-16/h6,9-10,12,14,20-21H,4-5,7-8H2,1-3H3/t12-,14-,16-,23?/m0/s1. The van der Waals surface area contributed by atoms with Gasteiger partial charge in [0.15, 0.2) is 0 Å². The van der Waals surface area contributed by atoms with E-state index in [-0.39, 0.29) is 12.8 Å². The maximum Gasteiger partial charge on any atom is 0.136 e. The van der Waals surface area contributed by atoms with Crippen molar-refractivity contribution in [2.24, 2.45) is 0 Å². The van der Waals surface area contributed by atoms with Crippen molar-refractivity contribution in [1.29, 1.82) is 0 Å². The molecule has 7 heteroatoms. The highest BCUT2D eigenvalue weighted by Crippen LogP contribution is 2.40. The molecule has 0 bridgehead atoms. The lowest BCUT2D eigenvalue weighted by Gasteiger charge is -2.40. The van der Waals surface area contributed by atoms with Gasteiger partial charge in [-0.3, -0.25) is 4.98 Å². The van der Waals surface area contributed by atoms with E-state index in [1.807, 2.05) is 20.8 Å². The summed E-state index contributed by atoms with van der Waals surface area (Å²) in [7, 11) is 0. The zero-order chi connectivity index (χ0) is 17.3. The van der Waals surface area contributed by atoms with Gasteiger partial charge < -0.3 is 9.66 Å². The summed E-state index contributed by atoms with van der Waals surface area (Å²) in [6.07, 6.45) is 1.82. The molecule has 2 N–H and O–H groups in total. The molecule has 1 fully saturated rings. The molecule has 4 nitrogen and oxygen atoms in total. The van der Waals surface area contributed by atoms with Crippen molar-refractivity contribution < 1.29 is 14.0 Å². The Labute approximate surface area is 145 Å². The minimum absolute atomic E-state index is 0.289. The van der Waals surface area contributed by atoms with E-state index in [1.54, 1.807) is 18.3 Å². The summed E-state index contributed by atoms with van der Waals surface area (Å²) in [5.74, 6) is 0. The van der Waals surface area contributed by atoms with Gasteiger partial charge in [-0.2, -0.15) is 0 Å². The highest BCUT2D eigenvalue weighted by molar-refractivity contribution is 7.90. The monoisotopic (exact) mass is 362 g/mol. The first kappa shape index (κ1) is 18.9. The summed E-state index contributed by atoms with van der Waals surface area (Å²) in [6.45, 7) is 5.54. The molecule has 130 valence electrons. The highest BCUT2D eigenvalue weighted by atomic mass is 35.5. The number of hydrogen-bond donors (Lipinski definition) is 2. The van der Waals surface area contributed by atoms with E-state index < -0.39 is 33.9 Å². The number of halogens is 2. The molecule has 1 heterocycles. The second-order valence-corrected chi connectivity index (χ2v) is 9.54. The molecule has 1 aliphatic carbocycles.